The maximum Gasteiger partial charge on any atom is 0.308 e. The van der Waals surface area contributed by atoms with Gasteiger partial charge >= 0.3 is 5.97 Å². The van der Waals surface area contributed by atoms with Crippen LogP contribution in [0.5, 0.6) is 5.75 Å². The molecule has 4 atom stereocenters. The topological polar surface area (TPSA) is 178 Å². The number of nitrogens with zero attached hydrogens (tertiary/aromatic N) is 4. The number of rotatable bonds is 6. The molecule has 0 aliphatic heterocycles. The first-order valence-corrected chi connectivity index (χ1v) is 11.6. The Morgan fingerprint density at radius 1 is 1.37 bits per heavy atom. The molecule has 0 saturated heterocycles. The number of aryl methyl sites for hydroxylation is 2. The summed E-state index contributed by atoms with van der Waals surface area (Å²) in [5, 5.41) is 26.8. The Hall–Kier alpha value is -3.54. The molecule has 12 heteroatoms. The summed E-state index contributed by atoms with van der Waals surface area (Å²) < 4.78 is 12.5. The minimum Gasteiger partial charge on any atom is -0.489 e. The van der Waals surface area contributed by atoms with Crippen LogP contribution in [0.2, 0.25) is 0 Å². The summed E-state index contributed by atoms with van der Waals surface area (Å²) in [5.74, 6) is 0.663. The van der Waals surface area contributed by atoms with E-state index in [0.717, 1.165) is 25.7 Å². The molecule has 2 aromatic heterocycles. The van der Waals surface area contributed by atoms with Gasteiger partial charge in [0.1, 0.15) is 11.9 Å². The Bertz CT molecular complexity index is 1090. The minimum atomic E-state index is -0.606. The molecule has 2 aromatic rings. The zero-order valence-corrected chi connectivity index (χ0v) is 20.4. The van der Waals surface area contributed by atoms with Crippen molar-refractivity contribution >= 4 is 23.5 Å². The third kappa shape index (κ3) is 6.32. The van der Waals surface area contributed by atoms with Gasteiger partial charge in [0, 0.05) is 7.05 Å². The molecule has 2 saturated carbocycles. The molecule has 2 heterocycles. The van der Waals surface area contributed by atoms with Crippen molar-refractivity contribution in [3.63, 3.8) is 0 Å². The van der Waals surface area contributed by atoms with Gasteiger partial charge in [-0.2, -0.15) is 0 Å². The van der Waals surface area contributed by atoms with E-state index in [1.807, 2.05) is 19.9 Å². The summed E-state index contributed by atoms with van der Waals surface area (Å²) >= 11 is 0. The molecular weight excluding hydrogens is 454 g/mol. The number of pyridine rings is 1. The largest absolute Gasteiger partial charge is 0.489 e. The molecule has 0 bridgehead atoms. The monoisotopic (exact) mass is 487 g/mol. The van der Waals surface area contributed by atoms with Gasteiger partial charge in [-0.25, -0.2) is 9.67 Å². The molecule has 0 radical (unpaired) electrons. The zero-order valence-electron chi connectivity index (χ0n) is 20.4. The summed E-state index contributed by atoms with van der Waals surface area (Å²) in [6.45, 7) is 3.76. The number of guanidine groups is 1. The van der Waals surface area contributed by atoms with Crippen LogP contribution in [0, 0.1) is 24.2 Å². The lowest BCUT2D eigenvalue weighted by atomic mass is 9.87. The Morgan fingerprint density at radius 3 is 2.63 bits per heavy atom. The number of anilines is 1. The van der Waals surface area contributed by atoms with E-state index in [1.165, 1.54) is 11.8 Å². The van der Waals surface area contributed by atoms with E-state index in [4.69, 9.17) is 25.7 Å². The van der Waals surface area contributed by atoms with Crippen molar-refractivity contribution < 1.29 is 24.2 Å². The number of Topliss-reactive ketones (excluding diaryl/α,β-unsaturated/α-hetero) is 1. The van der Waals surface area contributed by atoms with E-state index in [0.29, 0.717) is 35.1 Å². The lowest BCUT2D eigenvalue weighted by Gasteiger charge is -2.28. The number of carbonyl (C=O) groups excluding carboxylic acids is 2. The molecule has 2 fully saturated rings. The maximum atomic E-state index is 11.8. The van der Waals surface area contributed by atoms with Crippen LogP contribution in [0.1, 0.15) is 44.7 Å². The van der Waals surface area contributed by atoms with Crippen molar-refractivity contribution in [2.75, 3.05) is 12.4 Å². The van der Waals surface area contributed by atoms with E-state index >= 15 is 0 Å². The van der Waals surface area contributed by atoms with E-state index in [-0.39, 0.29) is 35.7 Å². The second-order valence-corrected chi connectivity index (χ2v) is 8.72. The van der Waals surface area contributed by atoms with Crippen molar-refractivity contribution in [3.8, 4) is 17.1 Å². The number of aliphatic hydroxyl groups excluding tert-OH is 1. The number of nitrogens with two attached hydrogens (primary N) is 1. The quantitative estimate of drug-likeness (QED) is 0.265. The van der Waals surface area contributed by atoms with Gasteiger partial charge in [0.2, 0.25) is 0 Å². The van der Waals surface area contributed by atoms with Crippen molar-refractivity contribution in [1.82, 2.24) is 20.0 Å². The van der Waals surface area contributed by atoms with Crippen LogP contribution >= 0.6 is 0 Å². The summed E-state index contributed by atoms with van der Waals surface area (Å²) in [4.78, 5) is 26.6. The smallest absolute Gasteiger partial charge is 0.308 e. The number of nitrogens with one attached hydrogen (secondary N) is 2. The summed E-state index contributed by atoms with van der Waals surface area (Å²) in [5.41, 5.74) is 7.23. The highest BCUT2D eigenvalue weighted by Crippen LogP contribution is 2.31. The van der Waals surface area contributed by atoms with Crippen LogP contribution in [0.4, 0.5) is 5.82 Å². The van der Waals surface area contributed by atoms with Gasteiger partial charge < -0.3 is 25.6 Å². The van der Waals surface area contributed by atoms with Gasteiger partial charge in [-0.05, 0) is 51.2 Å². The first-order valence-electron chi connectivity index (χ1n) is 11.6. The van der Waals surface area contributed by atoms with E-state index < -0.39 is 6.10 Å². The first kappa shape index (κ1) is 26.1. The molecule has 35 heavy (non-hydrogen) atoms. The Labute approximate surface area is 203 Å². The molecule has 4 rings (SSSR count). The highest BCUT2D eigenvalue weighted by molar-refractivity contribution is 6.01. The van der Waals surface area contributed by atoms with Gasteiger partial charge in [-0.15, -0.1) is 5.10 Å². The number of hydrogen-bond donors (Lipinski definition) is 4. The van der Waals surface area contributed by atoms with Gasteiger partial charge in [-0.3, -0.25) is 15.0 Å². The van der Waals surface area contributed by atoms with Crippen LogP contribution in [-0.2, 0) is 21.4 Å². The van der Waals surface area contributed by atoms with Crippen molar-refractivity contribution in [3.05, 3.63) is 17.8 Å². The van der Waals surface area contributed by atoms with Crippen LogP contribution in [0.25, 0.3) is 11.4 Å². The average Bonchev–Trinajstić information content (AvgIpc) is 3.25. The molecule has 0 amide bonds. The van der Waals surface area contributed by atoms with Crippen molar-refractivity contribution in [1.29, 1.82) is 5.41 Å². The number of aliphatic hydroxyl groups is 1. The van der Waals surface area contributed by atoms with Gasteiger partial charge in [-0.1, -0.05) is 12.1 Å². The van der Waals surface area contributed by atoms with Crippen molar-refractivity contribution in [2.24, 2.45) is 24.6 Å². The SMILES string of the molecule is CCC1C(=O)C1O.COC(=O)[C@H]1CCC[C@H](Oc2ccc(-c3nnn(C)c3NC(=N)N)nc2C)C1. The minimum absolute atomic E-state index is 0.0139. The zero-order chi connectivity index (χ0) is 25.7. The molecular formula is C23H33N7O5. The number of aromatic nitrogens is 4. The predicted molar refractivity (Wildman–Crippen MR) is 128 cm³/mol. The fraction of sp³-hybridized carbons (Fsp3) is 0.565. The van der Waals surface area contributed by atoms with Gasteiger partial charge in [0.15, 0.2) is 23.3 Å². The van der Waals surface area contributed by atoms with Gasteiger partial charge in [0.25, 0.3) is 0 Å². The number of methoxy groups -OCH3 is 1. The normalized spacial score (nSPS) is 23.1. The van der Waals surface area contributed by atoms with E-state index in [1.54, 1.807) is 13.1 Å². The number of ketones is 1. The van der Waals surface area contributed by atoms with Crippen molar-refractivity contribution in [2.45, 2.75) is 58.2 Å². The molecule has 0 aromatic carbocycles. The summed E-state index contributed by atoms with van der Waals surface area (Å²) in [7, 11) is 3.12. The molecule has 5 N–H and O–H groups in total. The van der Waals surface area contributed by atoms with E-state index in [2.05, 4.69) is 20.6 Å². The second kappa shape index (κ2) is 11.3. The fourth-order valence-corrected chi connectivity index (χ4v) is 4.12. The van der Waals surface area contributed by atoms with Gasteiger partial charge in [0.05, 0.1) is 36.4 Å². The Kier molecular flexibility index (Phi) is 8.39. The Balaban J connectivity index is 0.000000420. The number of carbonyl (C=O) groups is 2. The van der Waals surface area contributed by atoms with Crippen LogP contribution < -0.4 is 15.8 Å². The first-order chi connectivity index (χ1) is 16.7. The lowest BCUT2D eigenvalue weighted by Crippen LogP contribution is -2.30. The molecule has 0 spiro atoms. The highest BCUT2D eigenvalue weighted by atomic mass is 16.5. The number of ether oxygens (including phenoxy) is 2. The average molecular weight is 488 g/mol. The second-order valence-electron chi connectivity index (χ2n) is 8.72. The molecule has 190 valence electrons. The third-order valence-corrected chi connectivity index (χ3v) is 6.18. The lowest BCUT2D eigenvalue weighted by molar-refractivity contribution is -0.147. The third-order valence-electron chi connectivity index (χ3n) is 6.18. The molecule has 2 aliphatic carbocycles. The van der Waals surface area contributed by atoms with Crippen LogP contribution in [0.15, 0.2) is 12.1 Å². The summed E-state index contributed by atoms with van der Waals surface area (Å²) in [6.07, 6.45) is 3.44. The van der Waals surface area contributed by atoms with Crippen LogP contribution in [-0.4, -0.2) is 62.1 Å². The standard InChI is InChI=1S/C18H25N7O3.C5H8O2/c1-10-14(28-12-6-4-5-11(9-12)17(26)27-3)8-7-13(21-10)15-16(22-18(19)20)25(2)24-23-15;1-2-3-4(6)5(3)7/h7-8,11-12H,4-6,9H2,1-3H3,(H4,19,20,22);3-4,6H,2H2,1H3/t11-,12-;/m0./s1. The maximum absolute atomic E-state index is 11.8. The molecule has 2 aliphatic rings. The number of hydrogen-bond acceptors (Lipinski definition) is 9. The number of esters is 1. The fourth-order valence-electron chi connectivity index (χ4n) is 4.12. The van der Waals surface area contributed by atoms with Crippen LogP contribution in [0.3, 0.4) is 0 Å². The molecule has 2 unspecified atom stereocenters. The molecule has 12 nitrogen and oxygen atoms in total. The Morgan fingerprint density at radius 2 is 2.09 bits per heavy atom. The summed E-state index contributed by atoms with van der Waals surface area (Å²) in [6, 6.07) is 3.63. The van der Waals surface area contributed by atoms with E-state index in [9.17, 15) is 9.59 Å². The highest BCUT2D eigenvalue weighted by Gasteiger charge is 2.46. The predicted octanol–water partition coefficient (Wildman–Crippen LogP) is 1.56.